The molecule has 88 valence electrons. The number of halogens is 1. The lowest BCUT2D eigenvalue weighted by Crippen LogP contribution is -1.97. The average molecular weight is 268 g/mol. The maximum Gasteiger partial charge on any atom is 0.178 e. The Hall–Kier alpha value is -1.39. The van der Waals surface area contributed by atoms with Gasteiger partial charge in [0.15, 0.2) is 5.78 Å². The van der Waals surface area contributed by atoms with Crippen LogP contribution in [0.25, 0.3) is 0 Å². The summed E-state index contributed by atoms with van der Waals surface area (Å²) >= 11 is 7.35. The van der Waals surface area contributed by atoms with Gasteiger partial charge in [-0.3, -0.25) is 4.79 Å². The molecule has 17 heavy (non-hydrogen) atoms. The summed E-state index contributed by atoms with van der Waals surface area (Å²) in [6.45, 7) is 1.81. The lowest BCUT2D eigenvalue weighted by Gasteiger charge is -2.05. The summed E-state index contributed by atoms with van der Waals surface area (Å²) < 4.78 is 5.52. The molecule has 0 N–H and O–H groups in total. The van der Waals surface area contributed by atoms with Crippen LogP contribution in [0.1, 0.15) is 22.4 Å². The molecule has 0 atom stereocenters. The fraction of sp³-hybridized carbons (Fsp3) is 0.167. The number of rotatable bonds is 4. The van der Waals surface area contributed by atoms with Crippen LogP contribution in [-0.2, 0) is 6.61 Å². The zero-order chi connectivity index (χ0) is 12.3. The average Bonchev–Trinajstić information content (AvgIpc) is 2.77. The number of ether oxygens (including phenoxy) is 1. The second kappa shape index (κ2) is 5.29. The molecule has 1 aromatic heterocycles. The first kappa shape index (κ1) is 12.1. The maximum atomic E-state index is 11.1. The highest BCUT2D eigenvalue weighted by molar-refractivity contribution is 7.09. The third kappa shape index (κ3) is 3.05. The van der Waals surface area contributed by atoms with Gasteiger partial charge in [-0.05, 0) is 12.1 Å². The third-order valence-electron chi connectivity index (χ3n) is 2.10. The number of hydrogen-bond donors (Lipinski definition) is 0. The van der Waals surface area contributed by atoms with Crippen LogP contribution in [0.15, 0.2) is 29.6 Å². The second-order valence-corrected chi connectivity index (χ2v) is 4.75. The largest absolute Gasteiger partial charge is 0.485 e. The molecule has 1 aromatic carbocycles. The van der Waals surface area contributed by atoms with Crippen molar-refractivity contribution in [2.75, 3.05) is 0 Å². The first-order valence-electron chi connectivity index (χ1n) is 4.99. The Balaban J connectivity index is 2.02. The van der Waals surface area contributed by atoms with E-state index in [4.69, 9.17) is 16.3 Å². The van der Waals surface area contributed by atoms with Crippen LogP contribution in [-0.4, -0.2) is 10.8 Å². The van der Waals surface area contributed by atoms with Crippen molar-refractivity contribution in [3.05, 3.63) is 45.4 Å². The number of carbonyl (C=O) groups excluding carboxylic acids is 1. The molecule has 0 saturated carbocycles. The number of Topliss-reactive ketones (excluding diaryl/α,β-unsaturated/α-hetero) is 1. The number of para-hydroxylation sites is 1. The fourth-order valence-electron chi connectivity index (χ4n) is 1.24. The van der Waals surface area contributed by atoms with Crippen LogP contribution >= 0.6 is 22.9 Å². The zero-order valence-corrected chi connectivity index (χ0v) is 10.7. The molecule has 5 heteroatoms. The Labute approximate surface area is 108 Å². The van der Waals surface area contributed by atoms with Crippen molar-refractivity contribution in [3.8, 4) is 5.75 Å². The number of ketones is 1. The van der Waals surface area contributed by atoms with Crippen LogP contribution < -0.4 is 4.74 Å². The third-order valence-corrected chi connectivity index (χ3v) is 3.23. The molecule has 0 saturated heterocycles. The second-order valence-electron chi connectivity index (χ2n) is 3.40. The number of thiazole rings is 1. The van der Waals surface area contributed by atoms with Gasteiger partial charge in [0.1, 0.15) is 23.1 Å². The van der Waals surface area contributed by atoms with Gasteiger partial charge in [0.25, 0.3) is 0 Å². The standard InChI is InChI=1S/C12H10ClNO2S/c1-8(15)10-7-17-12(14-10)6-16-11-5-3-2-4-9(11)13/h2-5,7H,6H2,1H3. The predicted molar refractivity (Wildman–Crippen MR) is 67.9 cm³/mol. The van der Waals surface area contributed by atoms with Crippen LogP contribution in [0, 0.1) is 0 Å². The first-order valence-corrected chi connectivity index (χ1v) is 6.25. The molecule has 0 bridgehead atoms. The minimum atomic E-state index is -0.0368. The van der Waals surface area contributed by atoms with E-state index in [0.29, 0.717) is 23.1 Å². The minimum Gasteiger partial charge on any atom is -0.485 e. The first-order chi connectivity index (χ1) is 8.16. The quantitative estimate of drug-likeness (QED) is 0.795. The van der Waals surface area contributed by atoms with Crippen molar-refractivity contribution < 1.29 is 9.53 Å². The summed E-state index contributed by atoms with van der Waals surface area (Å²) in [7, 11) is 0. The SMILES string of the molecule is CC(=O)c1csc(COc2ccccc2Cl)n1. The van der Waals surface area contributed by atoms with Gasteiger partial charge < -0.3 is 4.74 Å². The molecule has 3 nitrogen and oxygen atoms in total. The summed E-state index contributed by atoms with van der Waals surface area (Å²) in [6.07, 6.45) is 0. The molecule has 1 heterocycles. The smallest absolute Gasteiger partial charge is 0.178 e. The van der Waals surface area contributed by atoms with E-state index in [-0.39, 0.29) is 5.78 Å². The van der Waals surface area contributed by atoms with Gasteiger partial charge >= 0.3 is 0 Å². The lowest BCUT2D eigenvalue weighted by molar-refractivity contribution is 0.101. The maximum absolute atomic E-state index is 11.1. The fourth-order valence-corrected chi connectivity index (χ4v) is 2.17. The van der Waals surface area contributed by atoms with Gasteiger partial charge in [0, 0.05) is 12.3 Å². The summed E-state index contributed by atoms with van der Waals surface area (Å²) in [5.74, 6) is 0.582. The van der Waals surface area contributed by atoms with Crippen molar-refractivity contribution in [2.45, 2.75) is 13.5 Å². The molecule has 0 spiro atoms. The van der Waals surface area contributed by atoms with E-state index in [1.54, 1.807) is 17.5 Å². The van der Waals surface area contributed by atoms with Gasteiger partial charge in [0.05, 0.1) is 5.02 Å². The highest BCUT2D eigenvalue weighted by Gasteiger charge is 2.07. The normalized spacial score (nSPS) is 10.2. The highest BCUT2D eigenvalue weighted by Crippen LogP contribution is 2.24. The number of carbonyl (C=O) groups is 1. The minimum absolute atomic E-state index is 0.0368. The lowest BCUT2D eigenvalue weighted by atomic mass is 10.3. The van der Waals surface area contributed by atoms with E-state index in [2.05, 4.69) is 4.98 Å². The van der Waals surface area contributed by atoms with Gasteiger partial charge in [0.2, 0.25) is 0 Å². The van der Waals surface area contributed by atoms with E-state index in [1.165, 1.54) is 18.3 Å². The molecule has 0 fully saturated rings. The molecule has 2 rings (SSSR count). The summed E-state index contributed by atoms with van der Waals surface area (Å²) in [5, 5.41) is 3.05. The predicted octanol–water partition coefficient (Wildman–Crippen LogP) is 3.58. The summed E-state index contributed by atoms with van der Waals surface area (Å²) in [5.41, 5.74) is 0.479. The Morgan fingerprint density at radius 3 is 2.88 bits per heavy atom. The van der Waals surface area contributed by atoms with Gasteiger partial charge in [-0.25, -0.2) is 4.98 Å². The van der Waals surface area contributed by atoms with E-state index in [1.807, 2.05) is 12.1 Å². The number of benzene rings is 1. The van der Waals surface area contributed by atoms with Gasteiger partial charge in [-0.15, -0.1) is 11.3 Å². The Morgan fingerprint density at radius 1 is 1.47 bits per heavy atom. The van der Waals surface area contributed by atoms with Crippen molar-refractivity contribution in [2.24, 2.45) is 0 Å². The van der Waals surface area contributed by atoms with Gasteiger partial charge in [-0.1, -0.05) is 23.7 Å². The Morgan fingerprint density at radius 2 is 2.24 bits per heavy atom. The van der Waals surface area contributed by atoms with E-state index >= 15 is 0 Å². The molecule has 0 unspecified atom stereocenters. The van der Waals surface area contributed by atoms with E-state index < -0.39 is 0 Å². The summed E-state index contributed by atoms with van der Waals surface area (Å²) in [6, 6.07) is 7.25. The zero-order valence-electron chi connectivity index (χ0n) is 9.14. The van der Waals surface area contributed by atoms with Crippen LogP contribution in [0.3, 0.4) is 0 Å². The van der Waals surface area contributed by atoms with Crippen molar-refractivity contribution >= 4 is 28.7 Å². The number of hydrogen-bond acceptors (Lipinski definition) is 4. The van der Waals surface area contributed by atoms with Crippen LogP contribution in [0.2, 0.25) is 5.02 Å². The Bertz CT molecular complexity index is 539. The van der Waals surface area contributed by atoms with Crippen LogP contribution in [0.4, 0.5) is 0 Å². The van der Waals surface area contributed by atoms with E-state index in [9.17, 15) is 4.79 Å². The van der Waals surface area contributed by atoms with Crippen LogP contribution in [0.5, 0.6) is 5.75 Å². The topological polar surface area (TPSA) is 39.2 Å². The van der Waals surface area contributed by atoms with Crippen molar-refractivity contribution in [1.82, 2.24) is 4.98 Å². The monoisotopic (exact) mass is 267 g/mol. The Kier molecular flexibility index (Phi) is 3.76. The van der Waals surface area contributed by atoms with Gasteiger partial charge in [-0.2, -0.15) is 0 Å². The number of nitrogens with zero attached hydrogens (tertiary/aromatic N) is 1. The number of aromatic nitrogens is 1. The highest BCUT2D eigenvalue weighted by atomic mass is 35.5. The molecule has 0 aliphatic heterocycles. The molecule has 0 aliphatic rings. The molecule has 2 aromatic rings. The van der Waals surface area contributed by atoms with Crippen molar-refractivity contribution in [3.63, 3.8) is 0 Å². The molecule has 0 amide bonds. The molecule has 0 aliphatic carbocycles. The van der Waals surface area contributed by atoms with E-state index in [0.717, 1.165) is 5.01 Å². The molecule has 0 radical (unpaired) electrons. The molecular formula is C12H10ClNO2S. The summed E-state index contributed by atoms with van der Waals surface area (Å²) in [4.78, 5) is 15.2. The van der Waals surface area contributed by atoms with Crippen molar-refractivity contribution in [1.29, 1.82) is 0 Å². The molecular weight excluding hydrogens is 258 g/mol.